The van der Waals surface area contributed by atoms with Gasteiger partial charge in [0.15, 0.2) is 0 Å². The van der Waals surface area contributed by atoms with Crippen molar-refractivity contribution >= 4 is 0 Å². The average Bonchev–Trinajstić information content (AvgIpc) is 3.23. The van der Waals surface area contributed by atoms with E-state index in [0.29, 0.717) is 12.5 Å². The molecule has 0 unspecified atom stereocenters. The maximum absolute atomic E-state index is 13.8. The normalized spacial score (nSPS) is 14.5. The second-order valence-corrected chi connectivity index (χ2v) is 5.33. The van der Waals surface area contributed by atoms with Crippen molar-refractivity contribution in [1.82, 2.24) is 9.13 Å². The Kier molecular flexibility index (Phi) is 3.04. The Morgan fingerprint density at radius 1 is 1.20 bits per heavy atom. The fourth-order valence-electron chi connectivity index (χ4n) is 2.23. The minimum atomic E-state index is -0.711. The van der Waals surface area contributed by atoms with E-state index in [9.17, 15) is 14.0 Å². The Hall–Kier alpha value is -2.17. The fourth-order valence-corrected chi connectivity index (χ4v) is 2.23. The molecule has 0 spiro atoms. The quantitative estimate of drug-likeness (QED) is 0.802. The van der Waals surface area contributed by atoms with E-state index in [-0.39, 0.29) is 5.69 Å². The highest BCUT2D eigenvalue weighted by atomic mass is 19.1. The van der Waals surface area contributed by atoms with Crippen LogP contribution in [0.15, 0.2) is 40.2 Å². The van der Waals surface area contributed by atoms with Crippen LogP contribution in [-0.4, -0.2) is 9.13 Å². The van der Waals surface area contributed by atoms with Crippen molar-refractivity contribution in [3.63, 3.8) is 0 Å². The predicted molar refractivity (Wildman–Crippen MR) is 73.7 cm³/mol. The van der Waals surface area contributed by atoms with E-state index in [0.717, 1.165) is 23.0 Å². The van der Waals surface area contributed by atoms with Crippen molar-refractivity contribution in [3.8, 4) is 5.69 Å². The molecule has 1 aromatic carbocycles. The van der Waals surface area contributed by atoms with E-state index in [2.05, 4.69) is 0 Å². The van der Waals surface area contributed by atoms with Crippen molar-refractivity contribution in [2.75, 3.05) is 0 Å². The number of nitrogens with zero attached hydrogens (tertiary/aromatic N) is 2. The monoisotopic (exact) mass is 274 g/mol. The topological polar surface area (TPSA) is 44.0 Å². The van der Waals surface area contributed by atoms with Crippen LogP contribution in [0.25, 0.3) is 5.69 Å². The minimum absolute atomic E-state index is 0.116. The van der Waals surface area contributed by atoms with Crippen molar-refractivity contribution in [3.05, 3.63) is 62.7 Å². The van der Waals surface area contributed by atoms with Gasteiger partial charge in [-0.05, 0) is 43.4 Å². The molecule has 2 aromatic rings. The van der Waals surface area contributed by atoms with Gasteiger partial charge in [0.2, 0.25) is 0 Å². The Morgan fingerprint density at radius 2 is 1.95 bits per heavy atom. The van der Waals surface area contributed by atoms with Crippen LogP contribution >= 0.6 is 0 Å². The number of aromatic nitrogens is 2. The van der Waals surface area contributed by atoms with Gasteiger partial charge in [0.05, 0.1) is 5.69 Å². The number of hydrogen-bond donors (Lipinski definition) is 0. The van der Waals surface area contributed by atoms with Gasteiger partial charge in [-0.25, -0.2) is 4.39 Å². The highest BCUT2D eigenvalue weighted by molar-refractivity contribution is 5.37. The maximum Gasteiger partial charge on any atom is 0.321 e. The lowest BCUT2D eigenvalue weighted by atomic mass is 10.2. The average molecular weight is 274 g/mol. The third-order valence-electron chi connectivity index (χ3n) is 3.57. The molecular weight excluding hydrogens is 259 g/mol. The standard InChI is InChI=1S/C15H15FN2O2/c1-10-2-5-12(16)13(8-10)18-7-6-17(9-11-3-4-11)14(19)15(18)20/h2,5-8,11H,3-4,9H2,1H3. The molecular formula is C15H15FN2O2. The molecule has 20 heavy (non-hydrogen) atoms. The lowest BCUT2D eigenvalue weighted by molar-refractivity contribution is 0.583. The molecule has 0 amide bonds. The van der Waals surface area contributed by atoms with Gasteiger partial charge in [0, 0.05) is 18.9 Å². The van der Waals surface area contributed by atoms with Crippen LogP contribution < -0.4 is 11.1 Å². The largest absolute Gasteiger partial charge is 0.321 e. The van der Waals surface area contributed by atoms with Crippen molar-refractivity contribution in [2.24, 2.45) is 5.92 Å². The summed E-state index contributed by atoms with van der Waals surface area (Å²) >= 11 is 0. The first-order chi connectivity index (χ1) is 9.56. The highest BCUT2D eigenvalue weighted by Gasteiger charge is 2.22. The molecule has 1 saturated carbocycles. The van der Waals surface area contributed by atoms with Crippen LogP contribution in [0.2, 0.25) is 0 Å². The zero-order valence-electron chi connectivity index (χ0n) is 11.2. The lowest BCUT2D eigenvalue weighted by Crippen LogP contribution is -2.40. The van der Waals surface area contributed by atoms with Gasteiger partial charge >= 0.3 is 11.1 Å². The Morgan fingerprint density at radius 3 is 2.65 bits per heavy atom. The molecule has 1 heterocycles. The SMILES string of the molecule is Cc1ccc(F)c(-n2ccn(CC3CC3)c(=O)c2=O)c1. The molecule has 0 atom stereocenters. The summed E-state index contributed by atoms with van der Waals surface area (Å²) in [5.41, 5.74) is -0.362. The molecule has 0 N–H and O–H groups in total. The summed E-state index contributed by atoms with van der Waals surface area (Å²) in [5, 5.41) is 0. The van der Waals surface area contributed by atoms with Crippen molar-refractivity contribution in [1.29, 1.82) is 0 Å². The van der Waals surface area contributed by atoms with Crippen LogP contribution in [0.4, 0.5) is 4.39 Å². The number of hydrogen-bond acceptors (Lipinski definition) is 2. The van der Waals surface area contributed by atoms with Gasteiger partial charge in [-0.2, -0.15) is 0 Å². The van der Waals surface area contributed by atoms with Gasteiger partial charge in [0.25, 0.3) is 0 Å². The van der Waals surface area contributed by atoms with E-state index >= 15 is 0 Å². The molecule has 104 valence electrons. The summed E-state index contributed by atoms with van der Waals surface area (Å²) in [6.45, 7) is 2.38. The Bertz CT molecular complexity index is 772. The fraction of sp³-hybridized carbons (Fsp3) is 0.333. The van der Waals surface area contributed by atoms with Crippen LogP contribution in [0, 0.1) is 18.7 Å². The lowest BCUT2D eigenvalue weighted by Gasteiger charge is -2.10. The molecule has 1 aliphatic carbocycles. The van der Waals surface area contributed by atoms with Gasteiger partial charge in [0.1, 0.15) is 5.82 Å². The summed E-state index contributed by atoms with van der Waals surface area (Å²) in [6.07, 6.45) is 5.22. The van der Waals surface area contributed by atoms with Gasteiger partial charge in [-0.1, -0.05) is 6.07 Å². The number of rotatable bonds is 3. The molecule has 0 saturated heterocycles. The smallest absolute Gasteiger partial charge is 0.309 e. The summed E-state index contributed by atoms with van der Waals surface area (Å²) in [7, 11) is 0. The highest BCUT2D eigenvalue weighted by Crippen LogP contribution is 2.29. The van der Waals surface area contributed by atoms with E-state index in [1.54, 1.807) is 18.3 Å². The molecule has 1 aromatic heterocycles. The number of halogens is 1. The number of benzene rings is 1. The van der Waals surface area contributed by atoms with Crippen LogP contribution in [-0.2, 0) is 6.54 Å². The summed E-state index contributed by atoms with van der Waals surface area (Å²) in [4.78, 5) is 24.1. The third-order valence-corrected chi connectivity index (χ3v) is 3.57. The Balaban J connectivity index is 2.10. The molecule has 5 heteroatoms. The molecule has 3 rings (SSSR count). The summed E-state index contributed by atoms with van der Waals surface area (Å²) < 4.78 is 16.3. The van der Waals surface area contributed by atoms with Crippen molar-refractivity contribution < 1.29 is 4.39 Å². The van der Waals surface area contributed by atoms with Crippen LogP contribution in [0.3, 0.4) is 0 Å². The molecule has 1 aliphatic rings. The van der Waals surface area contributed by atoms with E-state index in [4.69, 9.17) is 0 Å². The second-order valence-electron chi connectivity index (χ2n) is 5.33. The first-order valence-corrected chi connectivity index (χ1v) is 6.65. The second kappa shape index (κ2) is 4.74. The van der Waals surface area contributed by atoms with E-state index < -0.39 is 16.9 Å². The number of aryl methyl sites for hydroxylation is 1. The van der Waals surface area contributed by atoms with Gasteiger partial charge in [-0.15, -0.1) is 0 Å². The predicted octanol–water partition coefficient (Wildman–Crippen LogP) is 1.86. The van der Waals surface area contributed by atoms with Crippen molar-refractivity contribution in [2.45, 2.75) is 26.3 Å². The third kappa shape index (κ3) is 2.31. The van der Waals surface area contributed by atoms with Crippen LogP contribution in [0.1, 0.15) is 18.4 Å². The van der Waals surface area contributed by atoms with Gasteiger partial charge < -0.3 is 4.57 Å². The maximum atomic E-state index is 13.8. The zero-order valence-corrected chi connectivity index (χ0v) is 11.2. The Labute approximate surface area is 115 Å². The molecule has 0 radical (unpaired) electrons. The van der Waals surface area contributed by atoms with E-state index in [1.807, 2.05) is 6.92 Å². The molecule has 0 aliphatic heterocycles. The first-order valence-electron chi connectivity index (χ1n) is 6.65. The summed E-state index contributed by atoms with van der Waals surface area (Å²) in [5.74, 6) is -0.0179. The first kappa shape index (κ1) is 12.8. The molecule has 0 bridgehead atoms. The van der Waals surface area contributed by atoms with E-state index in [1.165, 1.54) is 16.8 Å². The molecule has 1 fully saturated rings. The summed E-state index contributed by atoms with van der Waals surface area (Å²) in [6, 6.07) is 4.48. The zero-order chi connectivity index (χ0) is 14.3. The molecule has 4 nitrogen and oxygen atoms in total. The van der Waals surface area contributed by atoms with Gasteiger partial charge in [-0.3, -0.25) is 14.2 Å². The minimum Gasteiger partial charge on any atom is -0.309 e. The van der Waals surface area contributed by atoms with Crippen LogP contribution in [0.5, 0.6) is 0 Å².